The van der Waals surface area contributed by atoms with Gasteiger partial charge in [-0.15, -0.1) is 0 Å². The molecule has 7 nitrogen and oxygen atoms in total. The quantitative estimate of drug-likeness (QED) is 0.846. The Kier molecular flexibility index (Phi) is 6.17. The van der Waals surface area contributed by atoms with Crippen LogP contribution < -0.4 is 10.6 Å². The highest BCUT2D eigenvalue weighted by molar-refractivity contribution is 7.88. The molecule has 2 N–H and O–H groups in total. The van der Waals surface area contributed by atoms with Gasteiger partial charge in [0.2, 0.25) is 10.0 Å². The monoisotopic (exact) mass is 354 g/mol. The summed E-state index contributed by atoms with van der Waals surface area (Å²) < 4.78 is 25.2. The first-order valence-electron chi connectivity index (χ1n) is 8.23. The first kappa shape index (κ1) is 18.7. The lowest BCUT2D eigenvalue weighted by Crippen LogP contribution is -2.44. The number of aryl methyl sites for hydroxylation is 2. The largest absolute Gasteiger partial charge is 0.338 e. The van der Waals surface area contributed by atoms with Gasteiger partial charge in [0, 0.05) is 24.8 Å². The third kappa shape index (κ3) is 5.17. The maximum atomic E-state index is 12.0. The van der Waals surface area contributed by atoms with Crippen molar-refractivity contribution >= 4 is 21.7 Å². The molecule has 1 aromatic rings. The van der Waals surface area contributed by atoms with Gasteiger partial charge >= 0.3 is 6.03 Å². The molecule has 1 fully saturated rings. The van der Waals surface area contributed by atoms with Crippen molar-refractivity contribution in [2.45, 2.75) is 45.6 Å². The summed E-state index contributed by atoms with van der Waals surface area (Å²) in [5.74, 6) is 0. The molecular formula is C16H26N4O3S. The number of hydrogen-bond donors (Lipinski definition) is 2. The van der Waals surface area contributed by atoms with Crippen LogP contribution in [0.5, 0.6) is 0 Å². The molecule has 0 spiro atoms. The van der Waals surface area contributed by atoms with Crippen LogP contribution in [0.1, 0.15) is 37.1 Å². The highest BCUT2D eigenvalue weighted by Crippen LogP contribution is 2.21. The maximum Gasteiger partial charge on any atom is 0.319 e. The lowest BCUT2D eigenvalue weighted by Gasteiger charge is -2.33. The molecule has 2 rings (SSSR count). The van der Waals surface area contributed by atoms with Gasteiger partial charge in [0.15, 0.2) is 0 Å². The molecule has 0 aromatic carbocycles. The second-order valence-corrected chi connectivity index (χ2v) is 8.21. The van der Waals surface area contributed by atoms with Crippen molar-refractivity contribution in [3.8, 4) is 0 Å². The zero-order valence-corrected chi connectivity index (χ0v) is 15.3. The summed E-state index contributed by atoms with van der Waals surface area (Å²) in [7, 11) is -3.19. The van der Waals surface area contributed by atoms with Gasteiger partial charge in [-0.25, -0.2) is 13.2 Å². The molecule has 0 saturated carbocycles. The van der Waals surface area contributed by atoms with Crippen LogP contribution in [0, 0.1) is 13.8 Å². The topological polar surface area (TPSA) is 91.4 Å². The number of nitrogens with one attached hydrogen (secondary N) is 2. The molecule has 1 aliphatic heterocycles. The Labute approximate surface area is 143 Å². The normalized spacial score (nSPS) is 19.0. The smallest absolute Gasteiger partial charge is 0.319 e. The molecule has 0 radical (unpaired) electrons. The Morgan fingerprint density at radius 3 is 2.75 bits per heavy atom. The molecule has 8 heteroatoms. The Bertz CT molecular complexity index is 691. The third-order valence-corrected chi connectivity index (χ3v) is 5.57. The van der Waals surface area contributed by atoms with E-state index in [0.717, 1.165) is 30.7 Å². The van der Waals surface area contributed by atoms with E-state index in [-0.39, 0.29) is 12.1 Å². The van der Waals surface area contributed by atoms with Crippen molar-refractivity contribution in [3.63, 3.8) is 0 Å². The van der Waals surface area contributed by atoms with E-state index in [0.29, 0.717) is 25.2 Å². The second kappa shape index (κ2) is 7.94. The van der Waals surface area contributed by atoms with E-state index < -0.39 is 10.0 Å². The van der Waals surface area contributed by atoms with E-state index in [2.05, 4.69) is 15.6 Å². The third-order valence-electron chi connectivity index (χ3n) is 4.24. The zero-order chi connectivity index (χ0) is 17.7. The Morgan fingerprint density at radius 1 is 1.33 bits per heavy atom. The predicted molar refractivity (Wildman–Crippen MR) is 94.5 cm³/mol. The average Bonchev–Trinajstić information content (AvgIpc) is 2.49. The number of sulfonamides is 1. The minimum absolute atomic E-state index is 0.0307. The van der Waals surface area contributed by atoms with E-state index in [9.17, 15) is 13.2 Å². The van der Waals surface area contributed by atoms with Gasteiger partial charge in [0.05, 0.1) is 17.6 Å². The molecular weight excluding hydrogens is 328 g/mol. The van der Waals surface area contributed by atoms with Crippen LogP contribution in [-0.4, -0.2) is 49.1 Å². The predicted octanol–water partition coefficient (Wildman–Crippen LogP) is 2.02. The van der Waals surface area contributed by atoms with Crippen LogP contribution in [-0.2, 0) is 10.0 Å². The average molecular weight is 354 g/mol. The molecule has 1 saturated heterocycles. The summed E-state index contributed by atoms with van der Waals surface area (Å²) in [5, 5.41) is 5.57. The second-order valence-electron chi connectivity index (χ2n) is 6.28. The lowest BCUT2D eigenvalue weighted by atomic mass is 10.0. The van der Waals surface area contributed by atoms with E-state index in [1.165, 1.54) is 6.26 Å². The van der Waals surface area contributed by atoms with Gasteiger partial charge in [0.25, 0.3) is 0 Å². The van der Waals surface area contributed by atoms with Crippen molar-refractivity contribution in [2.75, 3.05) is 24.7 Å². The number of nitrogens with zero attached hydrogens (tertiary/aromatic N) is 2. The Balaban J connectivity index is 1.83. The molecule has 0 aliphatic carbocycles. The van der Waals surface area contributed by atoms with Crippen molar-refractivity contribution in [2.24, 2.45) is 0 Å². The van der Waals surface area contributed by atoms with Crippen molar-refractivity contribution in [3.05, 3.63) is 23.5 Å². The number of carbonyl (C=O) groups is 1. The minimum Gasteiger partial charge on any atom is -0.338 e. The van der Waals surface area contributed by atoms with Crippen LogP contribution in [0.3, 0.4) is 0 Å². The number of rotatable bonds is 5. The molecule has 1 aliphatic rings. The minimum atomic E-state index is -3.19. The number of hydrogen-bond acceptors (Lipinski definition) is 4. The SMILES string of the molecule is Cc1ccc(NC(=O)NCCC2CCCCN2S(C)(=O)=O)c(C)n1. The number of carbonyl (C=O) groups excluding carboxylic acids is 1. The molecule has 2 amide bonds. The summed E-state index contributed by atoms with van der Waals surface area (Å²) in [4.78, 5) is 16.3. The number of aromatic nitrogens is 1. The standard InChI is InChI=1S/C16H26N4O3S/c1-12-7-8-15(13(2)18-12)19-16(21)17-10-9-14-6-4-5-11-20(14)24(3,22)23/h7-8,14H,4-6,9-11H2,1-3H3,(H2,17,19,21). The van der Waals surface area contributed by atoms with Crippen molar-refractivity contribution < 1.29 is 13.2 Å². The van der Waals surface area contributed by atoms with Crippen LogP contribution in [0.4, 0.5) is 10.5 Å². The van der Waals surface area contributed by atoms with Crippen LogP contribution in [0.25, 0.3) is 0 Å². The lowest BCUT2D eigenvalue weighted by molar-refractivity contribution is 0.235. The van der Waals surface area contributed by atoms with Gasteiger partial charge in [-0.3, -0.25) is 4.98 Å². The number of anilines is 1. The van der Waals surface area contributed by atoms with Crippen LogP contribution in [0.2, 0.25) is 0 Å². The molecule has 1 aromatic heterocycles. The van der Waals surface area contributed by atoms with E-state index in [1.54, 1.807) is 4.31 Å². The molecule has 1 atom stereocenters. The molecule has 134 valence electrons. The Hall–Kier alpha value is -1.67. The number of amides is 2. The van der Waals surface area contributed by atoms with E-state index in [1.807, 2.05) is 26.0 Å². The molecule has 2 heterocycles. The van der Waals surface area contributed by atoms with Gasteiger partial charge in [-0.05, 0) is 45.2 Å². The zero-order valence-electron chi connectivity index (χ0n) is 14.5. The number of urea groups is 1. The van der Waals surface area contributed by atoms with Gasteiger partial charge < -0.3 is 10.6 Å². The van der Waals surface area contributed by atoms with Gasteiger partial charge in [0.1, 0.15) is 0 Å². The number of pyridine rings is 1. The van der Waals surface area contributed by atoms with E-state index in [4.69, 9.17) is 0 Å². The molecule has 24 heavy (non-hydrogen) atoms. The summed E-state index contributed by atoms with van der Waals surface area (Å²) in [6.45, 7) is 4.74. The summed E-state index contributed by atoms with van der Waals surface area (Å²) in [6, 6.07) is 3.33. The van der Waals surface area contributed by atoms with E-state index >= 15 is 0 Å². The van der Waals surface area contributed by atoms with Crippen molar-refractivity contribution in [1.82, 2.24) is 14.6 Å². The first-order chi connectivity index (χ1) is 11.3. The number of piperidine rings is 1. The highest BCUT2D eigenvalue weighted by atomic mass is 32.2. The van der Waals surface area contributed by atoms with Crippen molar-refractivity contribution in [1.29, 1.82) is 0 Å². The van der Waals surface area contributed by atoms with Gasteiger partial charge in [-0.2, -0.15) is 4.31 Å². The Morgan fingerprint density at radius 2 is 2.08 bits per heavy atom. The summed E-state index contributed by atoms with van der Waals surface area (Å²) in [6.07, 6.45) is 4.63. The fourth-order valence-corrected chi connectivity index (χ4v) is 4.25. The first-order valence-corrected chi connectivity index (χ1v) is 10.1. The fourth-order valence-electron chi connectivity index (χ4n) is 3.04. The summed E-state index contributed by atoms with van der Waals surface area (Å²) in [5.41, 5.74) is 2.34. The molecule has 0 bridgehead atoms. The van der Waals surface area contributed by atoms with Gasteiger partial charge in [-0.1, -0.05) is 6.42 Å². The van der Waals surface area contributed by atoms with Crippen LogP contribution in [0.15, 0.2) is 12.1 Å². The fraction of sp³-hybridized carbons (Fsp3) is 0.625. The highest BCUT2D eigenvalue weighted by Gasteiger charge is 2.28. The molecule has 1 unspecified atom stereocenters. The summed E-state index contributed by atoms with van der Waals surface area (Å²) >= 11 is 0. The maximum absolute atomic E-state index is 12.0. The van der Waals surface area contributed by atoms with Crippen LogP contribution >= 0.6 is 0 Å².